The number of benzene rings is 3. The summed E-state index contributed by atoms with van der Waals surface area (Å²) in [5.41, 5.74) is 4.59. The normalized spacial score (nSPS) is 11.5. The first-order chi connectivity index (χ1) is 14.7. The molecule has 1 heterocycles. The molecule has 8 heteroatoms. The molecule has 4 aromatic rings. The summed E-state index contributed by atoms with van der Waals surface area (Å²) in [6.45, 7) is 5.60. The minimum Gasteiger partial charge on any atom is -0.337 e. The lowest BCUT2D eigenvalue weighted by Crippen LogP contribution is -2.17. The molecule has 0 radical (unpaired) electrons. The van der Waals surface area contributed by atoms with Crippen molar-refractivity contribution in [2.24, 2.45) is 0 Å². The van der Waals surface area contributed by atoms with E-state index in [1.165, 1.54) is 0 Å². The maximum Gasteiger partial charge on any atom is 0.263 e. The maximum absolute atomic E-state index is 13.2. The van der Waals surface area contributed by atoms with E-state index in [1.807, 2.05) is 56.3 Å². The van der Waals surface area contributed by atoms with Crippen LogP contribution in [0.5, 0.6) is 0 Å². The number of aryl methyl sites for hydroxylation is 3. The first-order valence-corrected chi connectivity index (χ1v) is 11.9. The Labute approximate surface area is 189 Å². The molecule has 0 aliphatic heterocycles. The van der Waals surface area contributed by atoms with Crippen molar-refractivity contribution >= 4 is 54.3 Å². The third kappa shape index (κ3) is 4.55. The van der Waals surface area contributed by atoms with Crippen LogP contribution in [0.25, 0.3) is 11.0 Å². The zero-order chi connectivity index (χ0) is 22.2. The van der Waals surface area contributed by atoms with Crippen LogP contribution < -0.4 is 10.0 Å². The average Bonchev–Trinajstić information content (AvgIpc) is 2.72. The van der Waals surface area contributed by atoms with E-state index in [0.717, 1.165) is 21.3 Å². The summed E-state index contributed by atoms with van der Waals surface area (Å²) >= 11 is 3.49. The van der Waals surface area contributed by atoms with Crippen molar-refractivity contribution < 1.29 is 8.42 Å². The highest BCUT2D eigenvalue weighted by atomic mass is 79.9. The van der Waals surface area contributed by atoms with Crippen molar-refractivity contribution in [3.8, 4) is 0 Å². The summed E-state index contributed by atoms with van der Waals surface area (Å²) in [6, 6.07) is 18.4. The lowest BCUT2D eigenvalue weighted by atomic mass is 10.2. The molecule has 6 nitrogen and oxygen atoms in total. The summed E-state index contributed by atoms with van der Waals surface area (Å²) in [5, 5.41) is 3.21. The van der Waals surface area contributed by atoms with Crippen molar-refractivity contribution in [1.82, 2.24) is 9.97 Å². The summed E-state index contributed by atoms with van der Waals surface area (Å²) < 4.78 is 30.0. The number of nitrogens with one attached hydrogen (secondary N) is 2. The first kappa shape index (κ1) is 21.3. The molecule has 0 atom stereocenters. The van der Waals surface area contributed by atoms with Crippen LogP contribution in [0.2, 0.25) is 0 Å². The van der Waals surface area contributed by atoms with Crippen LogP contribution in [0, 0.1) is 20.8 Å². The van der Waals surface area contributed by atoms with Gasteiger partial charge in [-0.3, -0.25) is 4.72 Å². The molecule has 31 heavy (non-hydrogen) atoms. The van der Waals surface area contributed by atoms with Gasteiger partial charge in [-0.15, -0.1) is 0 Å². The molecule has 3 aromatic carbocycles. The second-order valence-electron chi connectivity index (χ2n) is 7.37. The Kier molecular flexibility index (Phi) is 5.68. The molecule has 0 spiro atoms. The second-order valence-corrected chi connectivity index (χ2v) is 9.88. The van der Waals surface area contributed by atoms with Gasteiger partial charge in [0.25, 0.3) is 10.0 Å². The van der Waals surface area contributed by atoms with Crippen LogP contribution in [-0.2, 0) is 10.0 Å². The average molecular weight is 497 g/mol. The van der Waals surface area contributed by atoms with Crippen LogP contribution >= 0.6 is 15.9 Å². The number of hydrogen-bond donors (Lipinski definition) is 2. The van der Waals surface area contributed by atoms with Crippen molar-refractivity contribution in [1.29, 1.82) is 0 Å². The van der Waals surface area contributed by atoms with Crippen LogP contribution in [0.3, 0.4) is 0 Å². The quantitative estimate of drug-likeness (QED) is 0.361. The largest absolute Gasteiger partial charge is 0.337 e. The summed E-state index contributed by atoms with van der Waals surface area (Å²) in [7, 11) is -3.86. The lowest BCUT2D eigenvalue weighted by molar-refractivity contribution is 0.600. The van der Waals surface area contributed by atoms with Gasteiger partial charge in [0.2, 0.25) is 0 Å². The van der Waals surface area contributed by atoms with Crippen molar-refractivity contribution in [2.45, 2.75) is 25.7 Å². The number of anilines is 3. The van der Waals surface area contributed by atoms with Gasteiger partial charge in [-0.05, 0) is 73.9 Å². The Morgan fingerprint density at radius 2 is 1.48 bits per heavy atom. The monoisotopic (exact) mass is 496 g/mol. The number of fused-ring (bicyclic) bond motifs is 1. The number of nitrogens with zero attached hydrogens (tertiary/aromatic N) is 2. The fraction of sp³-hybridized carbons (Fsp3) is 0.130. The lowest BCUT2D eigenvalue weighted by Gasteiger charge is -2.15. The molecule has 0 amide bonds. The Bertz CT molecular complexity index is 1400. The maximum atomic E-state index is 13.2. The third-order valence-electron chi connectivity index (χ3n) is 4.86. The molecule has 1 aromatic heterocycles. The number of hydrogen-bond acceptors (Lipinski definition) is 5. The minimum atomic E-state index is -3.86. The zero-order valence-corrected chi connectivity index (χ0v) is 19.7. The van der Waals surface area contributed by atoms with Gasteiger partial charge in [0.05, 0.1) is 15.9 Å². The molecule has 2 N–H and O–H groups in total. The summed E-state index contributed by atoms with van der Waals surface area (Å²) in [6.07, 6.45) is 0. The summed E-state index contributed by atoms with van der Waals surface area (Å²) in [4.78, 5) is 9.39. The number of aromatic nitrogens is 2. The van der Waals surface area contributed by atoms with Crippen molar-refractivity contribution in [2.75, 3.05) is 10.0 Å². The Balaban J connectivity index is 1.81. The van der Waals surface area contributed by atoms with Crippen LogP contribution in [-0.4, -0.2) is 18.4 Å². The van der Waals surface area contributed by atoms with Gasteiger partial charge >= 0.3 is 0 Å². The van der Waals surface area contributed by atoms with Crippen LogP contribution in [0.1, 0.15) is 16.7 Å². The first-order valence-electron chi connectivity index (χ1n) is 9.63. The van der Waals surface area contributed by atoms with E-state index in [0.29, 0.717) is 22.4 Å². The Morgan fingerprint density at radius 3 is 2.16 bits per heavy atom. The molecule has 0 unspecified atom stereocenters. The van der Waals surface area contributed by atoms with Crippen LogP contribution in [0.15, 0.2) is 70.0 Å². The van der Waals surface area contributed by atoms with E-state index in [9.17, 15) is 8.42 Å². The molecule has 158 valence electrons. The van der Waals surface area contributed by atoms with Crippen molar-refractivity contribution in [3.05, 3.63) is 81.8 Å². The van der Waals surface area contributed by atoms with Gasteiger partial charge in [0.1, 0.15) is 0 Å². The molecule has 0 aliphatic rings. The van der Waals surface area contributed by atoms with Gasteiger partial charge in [-0.25, -0.2) is 18.4 Å². The van der Waals surface area contributed by atoms with E-state index in [1.54, 1.807) is 25.1 Å². The molecule has 0 saturated carbocycles. The number of halogens is 1. The molecule has 4 rings (SSSR count). The van der Waals surface area contributed by atoms with Gasteiger partial charge in [0.15, 0.2) is 11.6 Å². The van der Waals surface area contributed by atoms with Crippen LogP contribution in [0.4, 0.5) is 17.3 Å². The topological polar surface area (TPSA) is 84.0 Å². The van der Waals surface area contributed by atoms with E-state index < -0.39 is 10.0 Å². The fourth-order valence-electron chi connectivity index (χ4n) is 3.20. The van der Waals surface area contributed by atoms with Gasteiger partial charge in [-0.2, -0.15) is 0 Å². The SMILES string of the molecule is Cc1ccc(C)c(S(=O)(=O)Nc2nc3ccccc3nc2Nc2ccc(Br)c(C)c2)c1. The number of sulfonamides is 1. The van der Waals surface area contributed by atoms with E-state index >= 15 is 0 Å². The van der Waals surface area contributed by atoms with Gasteiger partial charge < -0.3 is 5.32 Å². The molecular weight excluding hydrogens is 476 g/mol. The van der Waals surface area contributed by atoms with Gasteiger partial charge in [-0.1, -0.05) is 40.2 Å². The molecule has 0 aliphatic carbocycles. The highest BCUT2D eigenvalue weighted by Crippen LogP contribution is 2.29. The molecular formula is C23H21BrN4O2S. The summed E-state index contributed by atoms with van der Waals surface area (Å²) in [5.74, 6) is 0.467. The van der Waals surface area contributed by atoms with E-state index in [-0.39, 0.29) is 10.7 Å². The van der Waals surface area contributed by atoms with E-state index in [4.69, 9.17) is 0 Å². The number of rotatable bonds is 5. The van der Waals surface area contributed by atoms with E-state index in [2.05, 4.69) is 35.9 Å². The third-order valence-corrected chi connectivity index (χ3v) is 7.23. The second kappa shape index (κ2) is 8.28. The highest BCUT2D eigenvalue weighted by molar-refractivity contribution is 9.10. The zero-order valence-electron chi connectivity index (χ0n) is 17.3. The fourth-order valence-corrected chi connectivity index (χ4v) is 4.78. The Hall–Kier alpha value is -2.97. The Morgan fingerprint density at radius 1 is 0.806 bits per heavy atom. The highest BCUT2D eigenvalue weighted by Gasteiger charge is 2.21. The van der Waals surface area contributed by atoms with Gasteiger partial charge in [0, 0.05) is 10.2 Å². The number of para-hydroxylation sites is 2. The predicted octanol–water partition coefficient (Wildman–Crippen LogP) is 5.86. The predicted molar refractivity (Wildman–Crippen MR) is 128 cm³/mol. The molecule has 0 fully saturated rings. The van der Waals surface area contributed by atoms with Crippen molar-refractivity contribution in [3.63, 3.8) is 0 Å². The smallest absolute Gasteiger partial charge is 0.263 e. The standard InChI is InChI=1S/C23H21BrN4O2S/c1-14-8-9-15(2)21(12-14)31(29,30)28-23-22(25-17-10-11-18(24)16(3)13-17)26-19-6-4-5-7-20(19)27-23/h4-13H,1-3H3,(H,25,26)(H,27,28). The minimum absolute atomic E-state index is 0.139. The molecule has 0 bridgehead atoms. The molecule has 0 saturated heterocycles.